The second kappa shape index (κ2) is 2.61. The van der Waals surface area contributed by atoms with E-state index in [0.29, 0.717) is 0 Å². The van der Waals surface area contributed by atoms with Crippen LogP contribution in [0.1, 0.15) is 6.92 Å². The maximum Gasteiger partial charge on any atom is 0.141 e. The van der Waals surface area contributed by atoms with Crippen molar-refractivity contribution in [1.29, 1.82) is 0 Å². The Labute approximate surface area is 34.8 Å². The van der Waals surface area contributed by atoms with E-state index in [9.17, 15) is 8.78 Å². The highest BCUT2D eigenvalue weighted by atomic mass is 19.1. The minimum absolute atomic E-state index is 0.0370. The molecule has 0 aromatic rings. The first kappa shape index (κ1) is 5.38. The van der Waals surface area contributed by atoms with Crippen molar-refractivity contribution in [2.45, 2.75) is 6.92 Å². The summed E-state index contributed by atoms with van der Waals surface area (Å²) in [7, 11) is 0. The van der Waals surface area contributed by atoms with Crippen LogP contribution in [0.5, 0.6) is 0 Å². The normalized spacial score (nSPS) is 6.50. The summed E-state index contributed by atoms with van der Waals surface area (Å²) in [6.45, 7) is 1.12. The van der Waals surface area contributed by atoms with Gasteiger partial charge in [-0.3, -0.25) is 0 Å². The minimum atomic E-state index is -0.641. The van der Waals surface area contributed by atoms with E-state index >= 15 is 0 Å². The van der Waals surface area contributed by atoms with Crippen LogP contribution in [0, 0.1) is 0 Å². The van der Waals surface area contributed by atoms with Gasteiger partial charge in [0.2, 0.25) is 0 Å². The Hall–Kier alpha value is -0.620. The highest BCUT2D eigenvalue weighted by Crippen LogP contribution is 1.86. The molecule has 0 N–H and O–H groups in total. The summed E-state index contributed by atoms with van der Waals surface area (Å²) in [6.07, 6.45) is 0.0370. The molecular weight excluding hydrogens is 86.0 g/mol. The van der Waals surface area contributed by atoms with E-state index in [2.05, 4.69) is 0 Å². The van der Waals surface area contributed by atoms with Crippen molar-refractivity contribution in [3.05, 3.63) is 17.9 Å². The largest absolute Gasteiger partial charge is 0.206 e. The van der Waals surface area contributed by atoms with E-state index in [0.717, 1.165) is 6.92 Å². The molecular formula is C4H4F2. The average molecular weight is 90.1 g/mol. The Bertz CT molecular complexity index is 83.7. The van der Waals surface area contributed by atoms with E-state index in [-0.39, 0.29) is 6.33 Å². The summed E-state index contributed by atoms with van der Waals surface area (Å²) in [6, 6.07) is 0. The summed E-state index contributed by atoms with van der Waals surface area (Å²) in [5, 5.41) is 0. The van der Waals surface area contributed by atoms with Crippen LogP contribution in [0.3, 0.4) is 0 Å². The molecule has 0 aromatic heterocycles. The van der Waals surface area contributed by atoms with Gasteiger partial charge in [0.25, 0.3) is 0 Å². The Balaban J connectivity index is 3.73. The van der Waals surface area contributed by atoms with Crippen LogP contribution in [0.4, 0.5) is 8.78 Å². The molecule has 0 unspecified atom stereocenters. The zero-order valence-corrected chi connectivity index (χ0v) is 3.33. The van der Waals surface area contributed by atoms with Crippen LogP contribution in [0.15, 0.2) is 17.9 Å². The van der Waals surface area contributed by atoms with E-state index in [1.54, 1.807) is 5.73 Å². The molecule has 0 spiro atoms. The maximum atomic E-state index is 11.2. The highest BCUT2D eigenvalue weighted by molar-refractivity contribution is 4.82. The van der Waals surface area contributed by atoms with Crippen LogP contribution in [-0.4, -0.2) is 0 Å². The molecule has 0 bridgehead atoms. The van der Waals surface area contributed by atoms with Gasteiger partial charge < -0.3 is 0 Å². The SMILES string of the molecule is CC(F)=C=CF. The second-order valence-corrected chi connectivity index (χ2v) is 0.787. The van der Waals surface area contributed by atoms with Crippen molar-refractivity contribution in [3.8, 4) is 0 Å². The summed E-state index contributed by atoms with van der Waals surface area (Å²) < 4.78 is 22.0. The summed E-state index contributed by atoms with van der Waals surface area (Å²) in [4.78, 5) is 0. The van der Waals surface area contributed by atoms with Crippen molar-refractivity contribution in [2.75, 3.05) is 0 Å². The lowest BCUT2D eigenvalue weighted by molar-refractivity contribution is 0.636. The fourth-order valence-corrected chi connectivity index (χ4v) is 0.0752. The summed E-state index contributed by atoms with van der Waals surface area (Å²) >= 11 is 0. The third kappa shape index (κ3) is 3.38. The van der Waals surface area contributed by atoms with Gasteiger partial charge in [-0.2, -0.15) is 0 Å². The molecule has 0 fully saturated rings. The first-order chi connectivity index (χ1) is 2.77. The molecule has 0 aliphatic carbocycles. The van der Waals surface area contributed by atoms with Gasteiger partial charge in [0.1, 0.15) is 12.2 Å². The monoisotopic (exact) mass is 90.0 g/mol. The van der Waals surface area contributed by atoms with Gasteiger partial charge in [-0.15, -0.1) is 0 Å². The van der Waals surface area contributed by atoms with Crippen molar-refractivity contribution in [1.82, 2.24) is 0 Å². The van der Waals surface area contributed by atoms with Gasteiger partial charge in [-0.25, -0.2) is 8.78 Å². The Kier molecular flexibility index (Phi) is 2.34. The van der Waals surface area contributed by atoms with Gasteiger partial charge in [-0.05, 0) is 6.92 Å². The second-order valence-electron chi connectivity index (χ2n) is 0.787. The lowest BCUT2D eigenvalue weighted by Gasteiger charge is -1.63. The van der Waals surface area contributed by atoms with Crippen molar-refractivity contribution in [3.63, 3.8) is 0 Å². The van der Waals surface area contributed by atoms with Gasteiger partial charge in [-0.1, -0.05) is 5.73 Å². The third-order valence-electron chi connectivity index (χ3n) is 0.253. The lowest BCUT2D eigenvalue weighted by atomic mass is 10.6. The Morgan fingerprint density at radius 1 is 1.83 bits per heavy atom. The highest BCUT2D eigenvalue weighted by Gasteiger charge is 1.68. The Morgan fingerprint density at radius 2 is 2.33 bits per heavy atom. The molecule has 6 heavy (non-hydrogen) atoms. The minimum Gasteiger partial charge on any atom is -0.206 e. The van der Waals surface area contributed by atoms with Crippen LogP contribution < -0.4 is 0 Å². The topological polar surface area (TPSA) is 0 Å². The predicted molar refractivity (Wildman–Crippen MR) is 19.5 cm³/mol. The van der Waals surface area contributed by atoms with E-state index in [1.807, 2.05) is 0 Å². The van der Waals surface area contributed by atoms with Crippen LogP contribution >= 0.6 is 0 Å². The fraction of sp³-hybridized carbons (Fsp3) is 0.250. The van der Waals surface area contributed by atoms with Crippen LogP contribution in [0.2, 0.25) is 0 Å². The molecule has 0 saturated heterocycles. The average Bonchev–Trinajstić information content (AvgIpc) is 1.35. The standard InChI is InChI=1S/C4H4F2/c1-4(6)2-3-5/h3H,1H3. The molecule has 0 saturated carbocycles. The predicted octanol–water partition coefficient (Wildman–Crippen LogP) is 1.94. The van der Waals surface area contributed by atoms with Crippen molar-refractivity contribution < 1.29 is 8.78 Å². The number of hydrogen-bond donors (Lipinski definition) is 0. The zero-order chi connectivity index (χ0) is 4.99. The van der Waals surface area contributed by atoms with Gasteiger partial charge in [0.15, 0.2) is 0 Å². The van der Waals surface area contributed by atoms with Gasteiger partial charge >= 0.3 is 0 Å². The van der Waals surface area contributed by atoms with Crippen LogP contribution in [-0.2, 0) is 0 Å². The molecule has 0 aliphatic heterocycles. The van der Waals surface area contributed by atoms with Crippen molar-refractivity contribution >= 4 is 0 Å². The number of rotatable bonds is 0. The quantitative estimate of drug-likeness (QED) is 0.399. The lowest BCUT2D eigenvalue weighted by Crippen LogP contribution is -1.45. The summed E-state index contributed by atoms with van der Waals surface area (Å²) in [5.74, 6) is -0.641. The Morgan fingerprint density at radius 3 is 2.33 bits per heavy atom. The zero-order valence-electron chi connectivity index (χ0n) is 3.33. The molecule has 0 heterocycles. The smallest absolute Gasteiger partial charge is 0.141 e. The molecule has 34 valence electrons. The number of allylic oxidation sites excluding steroid dienone is 1. The van der Waals surface area contributed by atoms with Gasteiger partial charge in [0.05, 0.1) is 0 Å². The molecule has 2 heteroatoms. The van der Waals surface area contributed by atoms with E-state index in [1.165, 1.54) is 0 Å². The molecule has 0 aliphatic rings. The molecule has 0 nitrogen and oxygen atoms in total. The van der Waals surface area contributed by atoms with E-state index in [4.69, 9.17) is 0 Å². The summed E-state index contributed by atoms with van der Waals surface area (Å²) in [5.41, 5.74) is 1.67. The molecule has 0 radical (unpaired) electrons. The first-order valence-corrected chi connectivity index (χ1v) is 1.45. The number of halogens is 2. The van der Waals surface area contributed by atoms with E-state index < -0.39 is 5.83 Å². The first-order valence-electron chi connectivity index (χ1n) is 1.45. The fourth-order valence-electron chi connectivity index (χ4n) is 0.0752. The van der Waals surface area contributed by atoms with Crippen molar-refractivity contribution in [2.24, 2.45) is 0 Å². The molecule has 0 atom stereocenters. The van der Waals surface area contributed by atoms with Crippen LogP contribution in [0.25, 0.3) is 0 Å². The molecule has 0 rings (SSSR count). The van der Waals surface area contributed by atoms with Gasteiger partial charge in [0, 0.05) is 0 Å². The molecule has 0 aromatic carbocycles. The number of hydrogen-bond acceptors (Lipinski definition) is 0. The maximum absolute atomic E-state index is 11.2. The third-order valence-corrected chi connectivity index (χ3v) is 0.253. The molecule has 0 amide bonds.